The Labute approximate surface area is 150 Å². The molecule has 0 spiro atoms. The number of nitro benzene ring substituents is 1. The van der Waals surface area contributed by atoms with Gasteiger partial charge in [0.15, 0.2) is 0 Å². The van der Waals surface area contributed by atoms with E-state index in [0.717, 1.165) is 16.8 Å². The summed E-state index contributed by atoms with van der Waals surface area (Å²) < 4.78 is 0. The summed E-state index contributed by atoms with van der Waals surface area (Å²) in [7, 11) is 0. The fourth-order valence-corrected chi connectivity index (χ4v) is 3.01. The van der Waals surface area contributed by atoms with Crippen LogP contribution in [0.15, 0.2) is 42.5 Å². The molecule has 2 aromatic carbocycles. The minimum atomic E-state index is -0.490. The molecule has 2 amide bonds. The number of nitrogens with one attached hydrogen (secondary N) is 1. The molecule has 0 saturated carbocycles. The molecule has 1 heterocycles. The zero-order valence-electron chi connectivity index (χ0n) is 14.6. The molecule has 0 bridgehead atoms. The molecule has 7 heteroatoms. The van der Waals surface area contributed by atoms with Crippen molar-refractivity contribution in [3.05, 3.63) is 63.7 Å². The molecule has 0 radical (unpaired) electrons. The van der Waals surface area contributed by atoms with Crippen LogP contribution in [0.25, 0.3) is 0 Å². The maximum atomic E-state index is 12.6. The largest absolute Gasteiger partial charge is 0.326 e. The minimum Gasteiger partial charge on any atom is -0.326 e. The van der Waals surface area contributed by atoms with Gasteiger partial charge < -0.3 is 10.2 Å². The van der Waals surface area contributed by atoms with E-state index in [9.17, 15) is 19.7 Å². The number of aryl methyl sites for hydroxylation is 1. The van der Waals surface area contributed by atoms with E-state index >= 15 is 0 Å². The number of rotatable bonds is 4. The number of carbonyl (C=O) groups excluding carboxylic acids is 2. The van der Waals surface area contributed by atoms with E-state index in [4.69, 9.17) is 0 Å². The molecule has 1 atom stereocenters. The van der Waals surface area contributed by atoms with Gasteiger partial charge in [-0.05, 0) is 43.2 Å². The molecule has 1 N–H and O–H groups in total. The van der Waals surface area contributed by atoms with E-state index in [1.165, 1.54) is 29.2 Å². The Kier molecular flexibility index (Phi) is 4.71. The van der Waals surface area contributed by atoms with Crippen LogP contribution in [-0.2, 0) is 9.59 Å². The zero-order valence-corrected chi connectivity index (χ0v) is 14.6. The van der Waals surface area contributed by atoms with Gasteiger partial charge in [-0.25, -0.2) is 0 Å². The number of hydrogen-bond donors (Lipinski definition) is 1. The summed E-state index contributed by atoms with van der Waals surface area (Å²) in [6.07, 6.45) is 0.119. The van der Waals surface area contributed by atoms with E-state index in [1.807, 2.05) is 32.0 Å². The summed E-state index contributed by atoms with van der Waals surface area (Å²) in [6.45, 7) is 4.17. The maximum absolute atomic E-state index is 12.6. The summed E-state index contributed by atoms with van der Waals surface area (Å²) in [5.74, 6) is -0.825. The molecule has 2 aromatic rings. The molecular weight excluding hydrogens is 334 g/mol. The fourth-order valence-electron chi connectivity index (χ4n) is 3.01. The molecule has 134 valence electrons. The first-order chi connectivity index (χ1) is 12.4. The standard InChI is InChI=1S/C19H19N3O4/c1-12-4-3-5-17(13(12)2)20-19(24)14-10-18(23)21(11-14)15-6-8-16(9-7-15)22(25)26/h3-9,14H,10-11H2,1-2H3,(H,20,24)/t14-/m0/s1. The first kappa shape index (κ1) is 17.6. The lowest BCUT2D eigenvalue weighted by Crippen LogP contribution is -2.28. The minimum absolute atomic E-state index is 0.0374. The third-order valence-electron chi connectivity index (χ3n) is 4.73. The first-order valence-corrected chi connectivity index (χ1v) is 8.28. The smallest absolute Gasteiger partial charge is 0.269 e. The van der Waals surface area contributed by atoms with Crippen LogP contribution in [0.1, 0.15) is 17.5 Å². The second-order valence-electron chi connectivity index (χ2n) is 6.42. The van der Waals surface area contributed by atoms with Crippen LogP contribution in [0, 0.1) is 29.9 Å². The van der Waals surface area contributed by atoms with Gasteiger partial charge in [0.05, 0.1) is 10.8 Å². The highest BCUT2D eigenvalue weighted by molar-refractivity contribution is 6.03. The van der Waals surface area contributed by atoms with Crippen molar-refractivity contribution in [3.8, 4) is 0 Å². The maximum Gasteiger partial charge on any atom is 0.269 e. The van der Waals surface area contributed by atoms with Crippen LogP contribution in [0.4, 0.5) is 17.1 Å². The second kappa shape index (κ2) is 6.95. The number of nitrogens with zero attached hydrogens (tertiary/aromatic N) is 2. The molecule has 26 heavy (non-hydrogen) atoms. The van der Waals surface area contributed by atoms with Crippen LogP contribution in [0.5, 0.6) is 0 Å². The van der Waals surface area contributed by atoms with Crippen LogP contribution in [-0.4, -0.2) is 23.3 Å². The predicted molar refractivity (Wildman–Crippen MR) is 98.1 cm³/mol. The van der Waals surface area contributed by atoms with Crippen LogP contribution >= 0.6 is 0 Å². The summed E-state index contributed by atoms with van der Waals surface area (Å²) >= 11 is 0. The van der Waals surface area contributed by atoms with Gasteiger partial charge in [0.25, 0.3) is 5.69 Å². The Morgan fingerprint density at radius 3 is 2.54 bits per heavy atom. The highest BCUT2D eigenvalue weighted by Crippen LogP contribution is 2.28. The van der Waals surface area contributed by atoms with Crippen LogP contribution < -0.4 is 10.2 Å². The molecule has 7 nitrogen and oxygen atoms in total. The summed E-state index contributed by atoms with van der Waals surface area (Å²) in [5.41, 5.74) is 3.35. The van der Waals surface area contributed by atoms with Gasteiger partial charge in [0.2, 0.25) is 11.8 Å². The molecule has 1 aliphatic heterocycles. The Morgan fingerprint density at radius 2 is 1.88 bits per heavy atom. The summed E-state index contributed by atoms with van der Waals surface area (Å²) in [6, 6.07) is 11.5. The zero-order chi connectivity index (χ0) is 18.8. The highest BCUT2D eigenvalue weighted by Gasteiger charge is 2.35. The molecular formula is C19H19N3O4. The Hall–Kier alpha value is -3.22. The lowest BCUT2D eigenvalue weighted by molar-refractivity contribution is -0.384. The Bertz CT molecular complexity index is 877. The Morgan fingerprint density at radius 1 is 1.19 bits per heavy atom. The summed E-state index contributed by atoms with van der Waals surface area (Å²) in [4.78, 5) is 36.6. The number of hydrogen-bond acceptors (Lipinski definition) is 4. The third kappa shape index (κ3) is 3.42. The molecule has 0 aromatic heterocycles. The van der Waals surface area contributed by atoms with Gasteiger partial charge in [0, 0.05) is 36.5 Å². The average Bonchev–Trinajstić information content (AvgIpc) is 3.01. The monoisotopic (exact) mass is 353 g/mol. The molecule has 1 saturated heterocycles. The molecule has 0 unspecified atom stereocenters. The molecule has 1 aliphatic rings. The number of nitro groups is 1. The van der Waals surface area contributed by atoms with Crippen LogP contribution in [0.2, 0.25) is 0 Å². The van der Waals surface area contributed by atoms with Crippen molar-refractivity contribution < 1.29 is 14.5 Å². The van der Waals surface area contributed by atoms with E-state index in [1.54, 1.807) is 0 Å². The van der Waals surface area contributed by atoms with Gasteiger partial charge in [-0.3, -0.25) is 19.7 Å². The molecule has 0 aliphatic carbocycles. The van der Waals surface area contributed by atoms with Crippen molar-refractivity contribution in [2.75, 3.05) is 16.8 Å². The third-order valence-corrected chi connectivity index (χ3v) is 4.73. The lowest BCUT2D eigenvalue weighted by atomic mass is 10.1. The number of amides is 2. The average molecular weight is 353 g/mol. The summed E-state index contributed by atoms with van der Waals surface area (Å²) in [5, 5.41) is 13.6. The Balaban J connectivity index is 1.71. The normalized spacial score (nSPS) is 16.6. The number of non-ortho nitro benzene ring substituents is 1. The number of carbonyl (C=O) groups is 2. The lowest BCUT2D eigenvalue weighted by Gasteiger charge is -2.17. The van der Waals surface area contributed by atoms with Gasteiger partial charge >= 0.3 is 0 Å². The predicted octanol–water partition coefficient (Wildman–Crippen LogP) is 3.20. The van der Waals surface area contributed by atoms with E-state index in [0.29, 0.717) is 5.69 Å². The van der Waals surface area contributed by atoms with Crippen molar-refractivity contribution >= 4 is 28.9 Å². The van der Waals surface area contributed by atoms with Crippen LogP contribution in [0.3, 0.4) is 0 Å². The van der Waals surface area contributed by atoms with E-state index in [-0.39, 0.29) is 30.5 Å². The van der Waals surface area contributed by atoms with Gasteiger partial charge in [-0.15, -0.1) is 0 Å². The van der Waals surface area contributed by atoms with Crippen molar-refractivity contribution in [1.29, 1.82) is 0 Å². The van der Waals surface area contributed by atoms with Crippen molar-refractivity contribution in [3.63, 3.8) is 0 Å². The fraction of sp³-hybridized carbons (Fsp3) is 0.263. The topological polar surface area (TPSA) is 92.6 Å². The SMILES string of the molecule is Cc1cccc(NC(=O)[C@H]2CC(=O)N(c3ccc([N+](=O)[O-])cc3)C2)c1C. The number of anilines is 2. The van der Waals surface area contributed by atoms with Gasteiger partial charge in [-0.2, -0.15) is 0 Å². The van der Waals surface area contributed by atoms with Gasteiger partial charge in [0.1, 0.15) is 0 Å². The first-order valence-electron chi connectivity index (χ1n) is 8.28. The molecule has 3 rings (SSSR count). The van der Waals surface area contributed by atoms with E-state index in [2.05, 4.69) is 5.32 Å². The van der Waals surface area contributed by atoms with Crippen molar-refractivity contribution in [2.24, 2.45) is 5.92 Å². The van der Waals surface area contributed by atoms with Crippen molar-refractivity contribution in [2.45, 2.75) is 20.3 Å². The second-order valence-corrected chi connectivity index (χ2v) is 6.42. The van der Waals surface area contributed by atoms with Gasteiger partial charge in [-0.1, -0.05) is 12.1 Å². The number of benzene rings is 2. The van der Waals surface area contributed by atoms with E-state index < -0.39 is 10.8 Å². The highest BCUT2D eigenvalue weighted by atomic mass is 16.6. The van der Waals surface area contributed by atoms with Crippen molar-refractivity contribution in [1.82, 2.24) is 0 Å². The quantitative estimate of drug-likeness (QED) is 0.675. The molecule has 1 fully saturated rings.